The number of nitrogens with one attached hydrogen (secondary N) is 1. The SMILES string of the molecule is CN=C(NCc1cccc(OCCCOC)c1)N(C)Cc1cccn1C. The second kappa shape index (κ2) is 10.5. The van der Waals surface area contributed by atoms with Gasteiger partial charge in [0.1, 0.15) is 5.75 Å². The summed E-state index contributed by atoms with van der Waals surface area (Å²) in [5.41, 5.74) is 2.39. The number of benzene rings is 1. The van der Waals surface area contributed by atoms with E-state index < -0.39 is 0 Å². The quantitative estimate of drug-likeness (QED) is 0.425. The maximum absolute atomic E-state index is 5.76. The zero-order valence-corrected chi connectivity index (χ0v) is 16.2. The molecule has 1 N–H and O–H groups in total. The summed E-state index contributed by atoms with van der Waals surface area (Å²) in [6.07, 6.45) is 2.94. The molecule has 0 radical (unpaired) electrons. The van der Waals surface area contributed by atoms with Gasteiger partial charge >= 0.3 is 0 Å². The van der Waals surface area contributed by atoms with Crippen LogP contribution >= 0.6 is 0 Å². The highest BCUT2D eigenvalue weighted by Gasteiger charge is 2.08. The van der Waals surface area contributed by atoms with Crippen molar-refractivity contribution in [2.75, 3.05) is 34.4 Å². The maximum Gasteiger partial charge on any atom is 0.194 e. The summed E-state index contributed by atoms with van der Waals surface area (Å²) in [7, 11) is 7.60. The highest BCUT2D eigenvalue weighted by atomic mass is 16.5. The first-order valence-corrected chi connectivity index (χ1v) is 8.86. The number of hydrogen-bond donors (Lipinski definition) is 1. The zero-order chi connectivity index (χ0) is 18.8. The molecule has 0 saturated carbocycles. The summed E-state index contributed by atoms with van der Waals surface area (Å²) in [6, 6.07) is 12.3. The third-order valence-electron chi connectivity index (χ3n) is 4.13. The van der Waals surface area contributed by atoms with Crippen LogP contribution in [0.25, 0.3) is 0 Å². The van der Waals surface area contributed by atoms with Crippen LogP contribution in [-0.4, -0.2) is 49.8 Å². The van der Waals surface area contributed by atoms with Gasteiger partial charge in [-0.2, -0.15) is 0 Å². The molecule has 0 unspecified atom stereocenters. The van der Waals surface area contributed by atoms with Crippen LogP contribution in [0.15, 0.2) is 47.6 Å². The molecule has 6 heteroatoms. The van der Waals surface area contributed by atoms with E-state index in [9.17, 15) is 0 Å². The Balaban J connectivity index is 1.86. The van der Waals surface area contributed by atoms with E-state index in [1.807, 2.05) is 19.2 Å². The molecule has 0 spiro atoms. The molecule has 1 heterocycles. The molecule has 0 fully saturated rings. The standard InChI is InChI=1S/C20H30N4O2/c1-21-20(24(3)16-18-9-6-11-23(18)2)22-15-17-8-5-10-19(14-17)26-13-7-12-25-4/h5-6,8-11,14H,7,12-13,15-16H2,1-4H3,(H,21,22). The van der Waals surface area contributed by atoms with Crippen molar-refractivity contribution in [2.45, 2.75) is 19.5 Å². The number of aliphatic imine (C=N–C) groups is 1. The molecule has 1 aromatic carbocycles. The Labute approximate surface area is 156 Å². The minimum Gasteiger partial charge on any atom is -0.493 e. The fraction of sp³-hybridized carbons (Fsp3) is 0.450. The third-order valence-corrected chi connectivity index (χ3v) is 4.13. The van der Waals surface area contributed by atoms with E-state index in [2.05, 4.69) is 57.3 Å². The highest BCUT2D eigenvalue weighted by molar-refractivity contribution is 5.79. The van der Waals surface area contributed by atoms with Gasteiger partial charge in [-0.1, -0.05) is 12.1 Å². The Bertz CT molecular complexity index is 697. The van der Waals surface area contributed by atoms with E-state index in [1.54, 1.807) is 14.2 Å². The van der Waals surface area contributed by atoms with Crippen LogP contribution in [0, 0.1) is 0 Å². The summed E-state index contributed by atoms with van der Waals surface area (Å²) in [6.45, 7) is 2.86. The molecule has 26 heavy (non-hydrogen) atoms. The van der Waals surface area contributed by atoms with Gasteiger partial charge in [-0.3, -0.25) is 4.99 Å². The van der Waals surface area contributed by atoms with Crippen LogP contribution in [0.2, 0.25) is 0 Å². The lowest BCUT2D eigenvalue weighted by atomic mass is 10.2. The topological polar surface area (TPSA) is 51.0 Å². The molecule has 2 rings (SSSR count). The van der Waals surface area contributed by atoms with Crippen LogP contribution in [0.4, 0.5) is 0 Å². The lowest BCUT2D eigenvalue weighted by molar-refractivity contribution is 0.172. The molecule has 0 bridgehead atoms. The lowest BCUT2D eigenvalue weighted by Gasteiger charge is -2.22. The van der Waals surface area contributed by atoms with E-state index in [4.69, 9.17) is 9.47 Å². The summed E-state index contributed by atoms with van der Waals surface area (Å²) < 4.78 is 12.9. The fourth-order valence-electron chi connectivity index (χ4n) is 2.68. The molecular formula is C20H30N4O2. The van der Waals surface area contributed by atoms with Crippen molar-refractivity contribution in [2.24, 2.45) is 12.0 Å². The maximum atomic E-state index is 5.76. The number of ether oxygens (including phenoxy) is 2. The van der Waals surface area contributed by atoms with Gasteiger partial charge in [0.25, 0.3) is 0 Å². The highest BCUT2D eigenvalue weighted by Crippen LogP contribution is 2.13. The largest absolute Gasteiger partial charge is 0.493 e. The Morgan fingerprint density at radius 1 is 1.23 bits per heavy atom. The van der Waals surface area contributed by atoms with E-state index in [-0.39, 0.29) is 0 Å². The minimum atomic E-state index is 0.659. The van der Waals surface area contributed by atoms with Crippen LogP contribution < -0.4 is 10.1 Å². The average molecular weight is 358 g/mol. The van der Waals surface area contributed by atoms with Gasteiger partial charge in [-0.05, 0) is 29.8 Å². The number of nitrogens with zero attached hydrogens (tertiary/aromatic N) is 3. The normalized spacial score (nSPS) is 11.5. The summed E-state index contributed by atoms with van der Waals surface area (Å²) in [5.74, 6) is 1.74. The molecular weight excluding hydrogens is 328 g/mol. The molecule has 0 aliphatic rings. The predicted octanol–water partition coefficient (Wildman–Crippen LogP) is 2.65. The Morgan fingerprint density at radius 3 is 2.77 bits per heavy atom. The smallest absolute Gasteiger partial charge is 0.194 e. The first-order chi connectivity index (χ1) is 12.6. The number of rotatable bonds is 9. The number of hydrogen-bond acceptors (Lipinski definition) is 3. The number of methoxy groups -OCH3 is 1. The van der Waals surface area contributed by atoms with Gasteiger partial charge in [-0.15, -0.1) is 0 Å². The number of aryl methyl sites for hydroxylation is 1. The van der Waals surface area contributed by atoms with E-state index in [0.717, 1.165) is 30.2 Å². The summed E-state index contributed by atoms with van der Waals surface area (Å²) in [4.78, 5) is 6.49. The van der Waals surface area contributed by atoms with Crippen molar-refractivity contribution in [3.05, 3.63) is 53.9 Å². The predicted molar refractivity (Wildman–Crippen MR) is 106 cm³/mol. The summed E-state index contributed by atoms with van der Waals surface area (Å²) >= 11 is 0. The number of guanidine groups is 1. The van der Waals surface area contributed by atoms with Gasteiger partial charge in [0.15, 0.2) is 5.96 Å². The molecule has 0 aliphatic carbocycles. The van der Waals surface area contributed by atoms with Gasteiger partial charge < -0.3 is 24.3 Å². The van der Waals surface area contributed by atoms with Crippen LogP contribution in [0.5, 0.6) is 5.75 Å². The first-order valence-electron chi connectivity index (χ1n) is 8.86. The Hall–Kier alpha value is -2.47. The van der Waals surface area contributed by atoms with Crippen molar-refractivity contribution in [3.8, 4) is 5.75 Å². The second-order valence-corrected chi connectivity index (χ2v) is 6.21. The van der Waals surface area contributed by atoms with Crippen LogP contribution in [0.1, 0.15) is 17.7 Å². The third kappa shape index (κ3) is 6.11. The molecule has 2 aromatic rings. The van der Waals surface area contributed by atoms with Crippen molar-refractivity contribution in [1.29, 1.82) is 0 Å². The molecule has 142 valence electrons. The monoisotopic (exact) mass is 358 g/mol. The molecule has 0 saturated heterocycles. The molecule has 6 nitrogen and oxygen atoms in total. The van der Waals surface area contributed by atoms with Gasteiger partial charge in [0.05, 0.1) is 13.2 Å². The molecule has 0 aliphatic heterocycles. The van der Waals surface area contributed by atoms with Gasteiger partial charge in [0, 0.05) is 59.7 Å². The van der Waals surface area contributed by atoms with Gasteiger partial charge in [-0.25, -0.2) is 0 Å². The first kappa shape index (κ1) is 19.8. The van der Waals surface area contributed by atoms with Gasteiger partial charge in [0.2, 0.25) is 0 Å². The van der Waals surface area contributed by atoms with Crippen molar-refractivity contribution in [1.82, 2.24) is 14.8 Å². The average Bonchev–Trinajstić information content (AvgIpc) is 3.04. The van der Waals surface area contributed by atoms with E-state index in [1.165, 1.54) is 5.69 Å². The lowest BCUT2D eigenvalue weighted by Crippen LogP contribution is -2.38. The Kier molecular flexibility index (Phi) is 8.02. The Morgan fingerprint density at radius 2 is 2.08 bits per heavy atom. The van der Waals surface area contributed by atoms with Crippen molar-refractivity contribution >= 4 is 5.96 Å². The van der Waals surface area contributed by atoms with E-state index >= 15 is 0 Å². The summed E-state index contributed by atoms with van der Waals surface area (Å²) in [5, 5.41) is 3.41. The minimum absolute atomic E-state index is 0.659. The molecule has 0 atom stereocenters. The number of aromatic nitrogens is 1. The van der Waals surface area contributed by atoms with Crippen LogP contribution in [-0.2, 0) is 24.9 Å². The van der Waals surface area contributed by atoms with Crippen molar-refractivity contribution in [3.63, 3.8) is 0 Å². The zero-order valence-electron chi connectivity index (χ0n) is 16.2. The second-order valence-electron chi connectivity index (χ2n) is 6.21. The van der Waals surface area contributed by atoms with Crippen LogP contribution in [0.3, 0.4) is 0 Å². The van der Waals surface area contributed by atoms with Crippen molar-refractivity contribution < 1.29 is 9.47 Å². The molecule has 1 aromatic heterocycles. The van der Waals surface area contributed by atoms with E-state index in [0.29, 0.717) is 19.8 Å². The molecule has 0 amide bonds. The fourth-order valence-corrected chi connectivity index (χ4v) is 2.68.